The zero-order chi connectivity index (χ0) is 85.6. The fourth-order valence-corrected chi connectivity index (χ4v) is 18.4. The standard InChI is InChI=1S/C10H20N2O.C10H22N2.C9H20N2O2S.C9H20N2.C9H17NO.3C9H19N.C8H17N.C7H15NO2S/c1-9(13)11-5-7-12(8-6-11)10(2,3)4;1-5-11-6-8-12(9-7-11)10(2,3)4;1-9(2,3)10-5-7-11(8-6-10)14(4,12)13;1-9(2,3)11-7-5-10(4)6-8-11;1-9(2,3)10-7-5-4-6-8(10)11;3*1-9(2,3)10-7-5-4-6-8-10;1-8(2,3)9-6-4-5-7-9;1-7(2,3)8-5-4-6-11(8,9)10/h5-8H2,1-4H3;5-9H2,1-4H3;5-8H2,1-4H3;5-8H2,1-4H3;4-7H2,1-3H3;3*4-8H2,1-3H3;4-7H2,1-3H3;4-6H2,1-3H3. The molecule has 662 valence electrons. The maximum absolute atomic E-state index is 11.4. The smallest absolute Gasteiger partial charge is 0.222 e. The van der Waals surface area contributed by atoms with Crippen molar-refractivity contribution >= 4 is 31.9 Å². The summed E-state index contributed by atoms with van der Waals surface area (Å²) in [5, 5.41) is 0. The van der Waals surface area contributed by atoms with E-state index in [0.29, 0.717) is 64.5 Å². The first-order valence-corrected chi connectivity index (χ1v) is 47.8. The summed E-state index contributed by atoms with van der Waals surface area (Å²) in [5.41, 5.74) is 2.51. The zero-order valence-electron chi connectivity index (χ0n) is 79.9. The molecule has 10 heterocycles. The number of hydrogen-bond acceptors (Lipinski definition) is 16. The van der Waals surface area contributed by atoms with E-state index < -0.39 is 20.0 Å². The molecule has 10 aliphatic rings. The zero-order valence-corrected chi connectivity index (χ0v) is 81.6. The minimum Gasteiger partial charge on any atom is -0.340 e. The predicted octanol–water partition coefficient (Wildman–Crippen LogP) is 15.1. The molecule has 2 amide bonds. The summed E-state index contributed by atoms with van der Waals surface area (Å²) < 4.78 is 48.3. The summed E-state index contributed by atoms with van der Waals surface area (Å²) in [6.45, 7) is 100. The number of carbonyl (C=O) groups excluding carboxylic acids is 2. The Balaban J connectivity index is 0.000000618. The van der Waals surface area contributed by atoms with Crippen molar-refractivity contribution in [2.75, 3.05) is 196 Å². The molecular weight excluding hydrogens is 1430 g/mol. The number of carbonyl (C=O) groups is 2. The number of sulfonamides is 2. The van der Waals surface area contributed by atoms with Crippen LogP contribution in [-0.4, -0.2) is 347 Å². The largest absolute Gasteiger partial charge is 0.340 e. The van der Waals surface area contributed by atoms with Crippen molar-refractivity contribution in [2.24, 2.45) is 0 Å². The molecule has 0 aliphatic carbocycles. The van der Waals surface area contributed by atoms with Crippen molar-refractivity contribution in [1.29, 1.82) is 0 Å². The van der Waals surface area contributed by atoms with Crippen LogP contribution in [0.15, 0.2) is 0 Å². The van der Waals surface area contributed by atoms with Crippen LogP contribution in [0.3, 0.4) is 0 Å². The van der Waals surface area contributed by atoms with Gasteiger partial charge in [-0.05, 0) is 344 Å². The van der Waals surface area contributed by atoms with Crippen LogP contribution >= 0.6 is 0 Å². The lowest BCUT2D eigenvalue weighted by Gasteiger charge is -2.42. The van der Waals surface area contributed by atoms with Gasteiger partial charge in [0.1, 0.15) is 0 Å². The van der Waals surface area contributed by atoms with E-state index in [1.54, 1.807) is 15.5 Å². The van der Waals surface area contributed by atoms with E-state index >= 15 is 0 Å². The van der Waals surface area contributed by atoms with Gasteiger partial charge in [0.2, 0.25) is 31.9 Å². The Labute approximate surface area is 690 Å². The molecule has 0 unspecified atom stereocenters. The number of piperazine rings is 4. The van der Waals surface area contributed by atoms with Gasteiger partial charge in [-0.25, -0.2) is 16.8 Å². The van der Waals surface area contributed by atoms with E-state index in [1.165, 1.54) is 195 Å². The Morgan fingerprint density at radius 1 is 0.324 bits per heavy atom. The van der Waals surface area contributed by atoms with Gasteiger partial charge in [-0.2, -0.15) is 8.61 Å². The van der Waals surface area contributed by atoms with E-state index in [4.69, 9.17) is 0 Å². The first-order chi connectivity index (χ1) is 50.4. The summed E-state index contributed by atoms with van der Waals surface area (Å²) in [7, 11) is -3.71. The Morgan fingerprint density at radius 2 is 0.586 bits per heavy atom. The second kappa shape index (κ2) is 48.0. The quantitative estimate of drug-likeness (QED) is 0.258. The number of rotatable bonds is 2. The predicted molar refractivity (Wildman–Crippen MR) is 480 cm³/mol. The third-order valence-corrected chi connectivity index (χ3v) is 27.0. The molecule has 10 rings (SSSR count). The lowest BCUT2D eigenvalue weighted by molar-refractivity contribution is -0.138. The van der Waals surface area contributed by atoms with Gasteiger partial charge in [0, 0.05) is 187 Å². The Morgan fingerprint density at radius 3 is 0.793 bits per heavy atom. The van der Waals surface area contributed by atoms with Crippen LogP contribution in [0.2, 0.25) is 0 Å². The van der Waals surface area contributed by atoms with Gasteiger partial charge in [-0.1, -0.05) is 26.2 Å². The molecule has 0 N–H and O–H groups in total. The SMILES string of the molecule is CC(=O)N1CCN(C(C)(C)C)CC1.CC(C)(C)N1CCCC1.CC(C)(C)N1CCCCC1.CC(C)(C)N1CCCCC1.CC(C)(C)N1CCCCC1.CC(C)(C)N1CCCCC1=O.CC(C)(C)N1CCCS1(=O)=O.CC(C)(C)N1CCN(S(C)(=O)=O)CC1.CCN1CCN(C(C)(C)C)CC1.CN1CCN(C(C)(C)C)CC1. The maximum Gasteiger partial charge on any atom is 0.222 e. The van der Waals surface area contributed by atoms with Gasteiger partial charge in [0.25, 0.3) is 0 Å². The van der Waals surface area contributed by atoms with Crippen LogP contribution < -0.4 is 0 Å². The molecule has 0 aromatic rings. The highest BCUT2D eigenvalue weighted by atomic mass is 32.2. The third kappa shape index (κ3) is 44.8. The van der Waals surface area contributed by atoms with Crippen molar-refractivity contribution < 1.29 is 26.4 Å². The molecule has 0 spiro atoms. The fraction of sp³-hybridized carbons (Fsp3) is 0.978. The highest BCUT2D eigenvalue weighted by molar-refractivity contribution is 7.89. The monoisotopic (exact) mass is 1610 g/mol. The lowest BCUT2D eigenvalue weighted by Crippen LogP contribution is -2.54. The van der Waals surface area contributed by atoms with E-state index in [1.807, 2.05) is 30.6 Å². The Hall–Kier alpha value is -1.64. The molecule has 0 bridgehead atoms. The molecule has 10 aliphatic heterocycles. The first kappa shape index (κ1) is 107. The molecule has 10 fully saturated rings. The van der Waals surface area contributed by atoms with Crippen LogP contribution in [0.4, 0.5) is 0 Å². The van der Waals surface area contributed by atoms with Crippen molar-refractivity contribution in [2.45, 2.75) is 373 Å². The van der Waals surface area contributed by atoms with Gasteiger partial charge in [-0.15, -0.1) is 0 Å². The molecule has 20 nitrogen and oxygen atoms in total. The van der Waals surface area contributed by atoms with Crippen molar-refractivity contribution in [1.82, 2.24) is 67.4 Å². The van der Waals surface area contributed by atoms with Crippen LogP contribution in [0.25, 0.3) is 0 Å². The highest BCUT2D eigenvalue weighted by Gasteiger charge is 2.37. The maximum atomic E-state index is 11.4. The highest BCUT2D eigenvalue weighted by Crippen LogP contribution is 2.27. The number of likely N-dealkylation sites (N-methyl/N-ethyl adjacent to an activating group) is 2. The molecule has 0 atom stereocenters. The summed E-state index contributed by atoms with van der Waals surface area (Å²) >= 11 is 0. The summed E-state index contributed by atoms with van der Waals surface area (Å²) in [4.78, 5) is 51.4. The van der Waals surface area contributed by atoms with Gasteiger partial charge in [-0.3, -0.25) is 48.8 Å². The summed E-state index contributed by atoms with van der Waals surface area (Å²) in [6.07, 6.45) is 20.6. The molecule has 0 aromatic heterocycles. The molecule has 0 saturated carbocycles. The van der Waals surface area contributed by atoms with E-state index in [0.717, 1.165) is 65.1 Å². The number of likely N-dealkylation sites (tertiary alicyclic amines) is 5. The van der Waals surface area contributed by atoms with Crippen LogP contribution in [0.1, 0.15) is 318 Å². The number of hydrogen-bond donors (Lipinski definition) is 0. The average Bonchev–Trinajstić information content (AvgIpc) is 1.69. The van der Waals surface area contributed by atoms with E-state index in [9.17, 15) is 26.4 Å². The minimum atomic E-state index is -2.99. The lowest BCUT2D eigenvalue weighted by atomic mass is 10.0. The molecule has 0 radical (unpaired) electrons. The molecule has 10 saturated heterocycles. The van der Waals surface area contributed by atoms with E-state index in [-0.39, 0.29) is 28.1 Å². The van der Waals surface area contributed by atoms with Crippen molar-refractivity contribution in [3.8, 4) is 0 Å². The number of piperidine rings is 4. The number of nitrogens with zero attached hydrogens (tertiary/aromatic N) is 14. The number of amides is 2. The third-order valence-electron chi connectivity index (χ3n) is 23.5. The summed E-state index contributed by atoms with van der Waals surface area (Å²) in [6, 6.07) is 0. The van der Waals surface area contributed by atoms with E-state index in [2.05, 4.69) is 250 Å². The Bertz CT molecular complexity index is 2650. The van der Waals surface area contributed by atoms with Gasteiger partial charge < -0.3 is 19.6 Å². The topological polar surface area (TPSA) is 148 Å². The average molecular weight is 1610 g/mol. The molecule has 22 heteroatoms. The van der Waals surface area contributed by atoms with Gasteiger partial charge in [0.05, 0.1) is 12.0 Å². The molecular formula is C89H188N14O6S2. The minimum absolute atomic E-state index is 0.0253. The first-order valence-electron chi connectivity index (χ1n) is 44.4. The second-order valence-corrected chi connectivity index (χ2v) is 47.1. The van der Waals surface area contributed by atoms with Crippen molar-refractivity contribution in [3.63, 3.8) is 0 Å². The van der Waals surface area contributed by atoms with Crippen LogP contribution in [0.5, 0.6) is 0 Å². The van der Waals surface area contributed by atoms with Crippen LogP contribution in [-0.2, 0) is 29.6 Å². The van der Waals surface area contributed by atoms with Crippen LogP contribution in [0, 0.1) is 0 Å². The van der Waals surface area contributed by atoms with Gasteiger partial charge in [0.15, 0.2) is 0 Å². The van der Waals surface area contributed by atoms with Crippen molar-refractivity contribution in [3.05, 3.63) is 0 Å². The normalized spacial score (nSPS) is 22.8. The molecule has 0 aromatic carbocycles. The molecule has 111 heavy (non-hydrogen) atoms. The Kier molecular flexibility index (Phi) is 46.4. The van der Waals surface area contributed by atoms with Gasteiger partial charge >= 0.3 is 0 Å². The fourth-order valence-electron chi connectivity index (χ4n) is 15.6. The summed E-state index contributed by atoms with van der Waals surface area (Å²) in [5.74, 6) is 0.849. The second-order valence-electron chi connectivity index (χ2n) is 43.1.